The summed E-state index contributed by atoms with van der Waals surface area (Å²) in [4.78, 5) is 4.44. The highest BCUT2D eigenvalue weighted by molar-refractivity contribution is 5.27. The van der Waals surface area contributed by atoms with Gasteiger partial charge in [-0.1, -0.05) is 20.8 Å². The van der Waals surface area contributed by atoms with Gasteiger partial charge in [0.2, 0.25) is 0 Å². The first-order chi connectivity index (χ1) is 9.34. The molecule has 20 heavy (non-hydrogen) atoms. The minimum atomic E-state index is 0.302. The van der Waals surface area contributed by atoms with Crippen molar-refractivity contribution in [2.24, 2.45) is 16.7 Å². The topological polar surface area (TPSA) is 45.1 Å². The molecule has 1 heterocycles. The monoisotopic (exact) mass is 274 g/mol. The van der Waals surface area contributed by atoms with E-state index in [9.17, 15) is 5.11 Å². The van der Waals surface area contributed by atoms with Crippen LogP contribution in [0.15, 0.2) is 12.1 Å². The molecule has 3 nitrogen and oxygen atoms in total. The van der Waals surface area contributed by atoms with Crippen LogP contribution < -0.4 is 5.32 Å². The molecular formula is C17H26N2O. The molecule has 2 fully saturated rings. The fourth-order valence-corrected chi connectivity index (χ4v) is 4.47. The van der Waals surface area contributed by atoms with Gasteiger partial charge in [-0.3, -0.25) is 4.98 Å². The molecule has 1 aromatic rings. The van der Waals surface area contributed by atoms with Crippen LogP contribution in [0.1, 0.15) is 51.4 Å². The van der Waals surface area contributed by atoms with Crippen molar-refractivity contribution in [1.29, 1.82) is 0 Å². The molecule has 2 bridgehead atoms. The summed E-state index contributed by atoms with van der Waals surface area (Å²) >= 11 is 0. The van der Waals surface area contributed by atoms with Gasteiger partial charge in [-0.15, -0.1) is 0 Å². The Balaban J connectivity index is 1.73. The molecular weight excluding hydrogens is 248 g/mol. The molecule has 0 aliphatic heterocycles. The largest absolute Gasteiger partial charge is 0.506 e. The van der Waals surface area contributed by atoms with Crippen molar-refractivity contribution in [2.45, 2.75) is 59.5 Å². The first-order valence-corrected chi connectivity index (χ1v) is 7.73. The zero-order valence-corrected chi connectivity index (χ0v) is 13.0. The quantitative estimate of drug-likeness (QED) is 0.888. The first-order valence-electron chi connectivity index (χ1n) is 7.73. The molecule has 0 aromatic carbocycles. The van der Waals surface area contributed by atoms with Crippen molar-refractivity contribution in [2.75, 3.05) is 0 Å². The number of pyridine rings is 1. The molecule has 110 valence electrons. The number of nitrogens with zero attached hydrogens (tertiary/aromatic N) is 1. The highest BCUT2D eigenvalue weighted by Crippen LogP contribution is 2.65. The van der Waals surface area contributed by atoms with Gasteiger partial charge in [-0.2, -0.15) is 0 Å². The van der Waals surface area contributed by atoms with E-state index in [1.807, 2.05) is 13.0 Å². The van der Waals surface area contributed by atoms with Gasteiger partial charge >= 0.3 is 0 Å². The maximum atomic E-state index is 9.91. The Morgan fingerprint density at radius 1 is 1.35 bits per heavy atom. The number of aromatic nitrogens is 1. The minimum Gasteiger partial charge on any atom is -0.506 e. The van der Waals surface area contributed by atoms with Gasteiger partial charge in [0.15, 0.2) is 0 Å². The molecule has 2 saturated carbocycles. The Labute approximate surface area is 121 Å². The molecule has 2 aliphatic carbocycles. The maximum Gasteiger partial charge on any atom is 0.138 e. The highest BCUT2D eigenvalue weighted by Gasteiger charge is 2.60. The fourth-order valence-electron chi connectivity index (χ4n) is 4.47. The SMILES string of the molecule is Cc1ccc(O)c(CNC2CC3CCC2(C)C3(C)C)n1. The average molecular weight is 274 g/mol. The van der Waals surface area contributed by atoms with Crippen LogP contribution >= 0.6 is 0 Å². The summed E-state index contributed by atoms with van der Waals surface area (Å²) in [6.45, 7) is 9.91. The summed E-state index contributed by atoms with van der Waals surface area (Å²) < 4.78 is 0. The third kappa shape index (κ3) is 1.86. The molecule has 2 aliphatic rings. The van der Waals surface area contributed by atoms with Crippen LogP contribution in [0.25, 0.3) is 0 Å². The van der Waals surface area contributed by atoms with Crippen molar-refractivity contribution < 1.29 is 5.11 Å². The normalized spacial score (nSPS) is 34.6. The number of fused-ring (bicyclic) bond motifs is 2. The second-order valence-corrected chi connectivity index (χ2v) is 7.46. The smallest absolute Gasteiger partial charge is 0.138 e. The van der Waals surface area contributed by atoms with E-state index in [1.54, 1.807) is 6.07 Å². The number of hydrogen-bond donors (Lipinski definition) is 2. The van der Waals surface area contributed by atoms with E-state index < -0.39 is 0 Å². The van der Waals surface area contributed by atoms with E-state index in [0.29, 0.717) is 29.2 Å². The maximum absolute atomic E-state index is 9.91. The Hall–Kier alpha value is -1.09. The summed E-state index contributed by atoms with van der Waals surface area (Å²) in [5.74, 6) is 1.14. The second kappa shape index (κ2) is 4.45. The summed E-state index contributed by atoms with van der Waals surface area (Å²) in [5.41, 5.74) is 2.53. The van der Waals surface area contributed by atoms with Gasteiger partial charge in [0.05, 0.1) is 5.69 Å². The van der Waals surface area contributed by atoms with Crippen LogP contribution in [0.5, 0.6) is 5.75 Å². The number of nitrogens with one attached hydrogen (secondary N) is 1. The number of hydrogen-bond acceptors (Lipinski definition) is 3. The van der Waals surface area contributed by atoms with E-state index in [2.05, 4.69) is 31.1 Å². The van der Waals surface area contributed by atoms with E-state index in [-0.39, 0.29) is 0 Å². The third-order valence-corrected chi connectivity index (χ3v) is 6.40. The zero-order valence-electron chi connectivity index (χ0n) is 13.0. The van der Waals surface area contributed by atoms with E-state index in [4.69, 9.17) is 0 Å². The van der Waals surface area contributed by atoms with Gasteiger partial charge in [0.1, 0.15) is 5.75 Å². The van der Waals surface area contributed by atoms with Crippen LogP contribution in [0.3, 0.4) is 0 Å². The van der Waals surface area contributed by atoms with Crippen LogP contribution in [0.4, 0.5) is 0 Å². The molecule has 3 unspecified atom stereocenters. The molecule has 0 radical (unpaired) electrons. The second-order valence-electron chi connectivity index (χ2n) is 7.46. The van der Waals surface area contributed by atoms with Gasteiger partial charge < -0.3 is 10.4 Å². The van der Waals surface area contributed by atoms with Gasteiger partial charge in [0, 0.05) is 18.3 Å². The number of aromatic hydroxyl groups is 1. The van der Waals surface area contributed by atoms with Crippen molar-refractivity contribution in [3.8, 4) is 5.75 Å². The van der Waals surface area contributed by atoms with Crippen LogP contribution in [0.2, 0.25) is 0 Å². The lowest BCUT2D eigenvalue weighted by Crippen LogP contribution is -2.44. The Bertz CT molecular complexity index is 526. The molecule has 0 spiro atoms. The van der Waals surface area contributed by atoms with Crippen LogP contribution in [-0.2, 0) is 6.54 Å². The molecule has 3 rings (SSSR count). The van der Waals surface area contributed by atoms with Crippen LogP contribution in [-0.4, -0.2) is 16.1 Å². The summed E-state index contributed by atoms with van der Waals surface area (Å²) in [6, 6.07) is 4.13. The summed E-state index contributed by atoms with van der Waals surface area (Å²) in [7, 11) is 0. The zero-order chi connectivity index (χ0) is 14.5. The summed E-state index contributed by atoms with van der Waals surface area (Å²) in [5, 5.41) is 13.6. The van der Waals surface area contributed by atoms with Gasteiger partial charge in [-0.05, 0) is 55.1 Å². The standard InChI is InChI=1S/C17H26N2O/c1-11-5-6-14(20)13(19-11)10-18-15-9-12-7-8-17(15,4)16(12,2)3/h5-6,12,15,18,20H,7-10H2,1-4H3. The predicted octanol–water partition coefficient (Wildman–Crippen LogP) is 3.40. The lowest BCUT2D eigenvalue weighted by Gasteiger charge is -2.39. The molecule has 3 atom stereocenters. The molecule has 3 heteroatoms. The van der Waals surface area contributed by atoms with E-state index >= 15 is 0 Å². The Morgan fingerprint density at radius 3 is 2.70 bits per heavy atom. The predicted molar refractivity (Wildman–Crippen MR) is 80.5 cm³/mol. The molecule has 0 saturated heterocycles. The fraction of sp³-hybridized carbons (Fsp3) is 0.706. The van der Waals surface area contributed by atoms with E-state index in [1.165, 1.54) is 19.3 Å². The Kier molecular flexibility index (Phi) is 3.09. The van der Waals surface area contributed by atoms with Crippen molar-refractivity contribution in [1.82, 2.24) is 10.3 Å². The third-order valence-electron chi connectivity index (χ3n) is 6.40. The molecule has 2 N–H and O–H groups in total. The van der Waals surface area contributed by atoms with Crippen molar-refractivity contribution in [3.63, 3.8) is 0 Å². The van der Waals surface area contributed by atoms with Gasteiger partial charge in [-0.25, -0.2) is 0 Å². The number of rotatable bonds is 3. The molecule has 1 aromatic heterocycles. The Morgan fingerprint density at radius 2 is 2.10 bits per heavy atom. The van der Waals surface area contributed by atoms with Gasteiger partial charge in [0.25, 0.3) is 0 Å². The lowest BCUT2D eigenvalue weighted by molar-refractivity contribution is 0.120. The van der Waals surface area contributed by atoms with E-state index in [0.717, 1.165) is 17.3 Å². The lowest BCUT2D eigenvalue weighted by atomic mass is 9.69. The van der Waals surface area contributed by atoms with Crippen molar-refractivity contribution in [3.05, 3.63) is 23.5 Å². The van der Waals surface area contributed by atoms with Crippen molar-refractivity contribution >= 4 is 0 Å². The highest BCUT2D eigenvalue weighted by atomic mass is 16.3. The van der Waals surface area contributed by atoms with Crippen LogP contribution in [0, 0.1) is 23.7 Å². The minimum absolute atomic E-state index is 0.302. The first kappa shape index (κ1) is 13.9. The average Bonchev–Trinajstić information content (AvgIpc) is 2.72. The summed E-state index contributed by atoms with van der Waals surface area (Å²) in [6.07, 6.45) is 3.95. The molecule has 0 amide bonds. The number of aryl methyl sites for hydroxylation is 1.